The van der Waals surface area contributed by atoms with Gasteiger partial charge in [-0.25, -0.2) is 15.1 Å². The zero-order chi connectivity index (χ0) is 17.8. The number of halogens is 1. The number of aromatic nitrogens is 1. The van der Waals surface area contributed by atoms with E-state index in [9.17, 15) is 14.9 Å². The van der Waals surface area contributed by atoms with Crippen LogP contribution in [0.4, 0.5) is 0 Å². The van der Waals surface area contributed by atoms with Crippen molar-refractivity contribution in [2.75, 3.05) is 13.1 Å². The molecule has 0 saturated carbocycles. The van der Waals surface area contributed by atoms with Crippen molar-refractivity contribution in [1.82, 2.24) is 14.8 Å². The Hall–Kier alpha value is -3.00. The number of hydrazone groups is 1. The lowest BCUT2D eigenvalue weighted by molar-refractivity contribution is -0.486. The van der Waals surface area contributed by atoms with Crippen molar-refractivity contribution >= 4 is 23.5 Å². The molecule has 1 aliphatic rings. The Balaban J connectivity index is 1.84. The summed E-state index contributed by atoms with van der Waals surface area (Å²) < 4.78 is 0. The minimum absolute atomic E-state index is 0.0220. The minimum atomic E-state index is -0.793. The summed E-state index contributed by atoms with van der Waals surface area (Å²) in [7, 11) is 0. The molecule has 0 bridgehead atoms. The lowest BCUT2D eigenvalue weighted by atomic mass is 10.2. The van der Waals surface area contributed by atoms with Gasteiger partial charge in [-0.3, -0.25) is 9.69 Å². The van der Waals surface area contributed by atoms with Gasteiger partial charge in [0.1, 0.15) is 10.3 Å². The van der Waals surface area contributed by atoms with Gasteiger partial charge >= 0.3 is 0 Å². The predicted octanol–water partition coefficient (Wildman–Crippen LogP) is 2.24. The van der Waals surface area contributed by atoms with Crippen LogP contribution in [-0.4, -0.2) is 44.8 Å². The van der Waals surface area contributed by atoms with Gasteiger partial charge in [-0.2, -0.15) is 0 Å². The van der Waals surface area contributed by atoms with Crippen molar-refractivity contribution in [3.8, 4) is 0 Å². The highest BCUT2D eigenvalue weighted by molar-refractivity contribution is 6.29. The molecule has 0 spiro atoms. The van der Waals surface area contributed by atoms with Crippen LogP contribution in [0.5, 0.6) is 0 Å². The average Bonchev–Trinajstić information content (AvgIpc) is 2.99. The molecule has 1 saturated heterocycles. The average molecular weight is 360 g/mol. The van der Waals surface area contributed by atoms with Crippen LogP contribution in [0.25, 0.3) is 0 Å². The SMILES string of the molecule is O=C(c1ccccc1)N1CCN(Cc2ccc(Cl)nc2)/C1=N/[N+](=O)[O-]. The van der Waals surface area contributed by atoms with E-state index in [-0.39, 0.29) is 11.9 Å². The molecule has 25 heavy (non-hydrogen) atoms. The third-order valence-electron chi connectivity index (χ3n) is 3.72. The van der Waals surface area contributed by atoms with Crippen LogP contribution in [0.3, 0.4) is 0 Å². The zero-order valence-electron chi connectivity index (χ0n) is 13.1. The van der Waals surface area contributed by atoms with Crippen LogP contribution < -0.4 is 0 Å². The molecule has 0 radical (unpaired) electrons. The second kappa shape index (κ2) is 7.27. The zero-order valence-corrected chi connectivity index (χ0v) is 13.8. The van der Waals surface area contributed by atoms with Crippen LogP contribution >= 0.6 is 11.6 Å². The van der Waals surface area contributed by atoms with Crippen molar-refractivity contribution in [2.24, 2.45) is 5.10 Å². The highest BCUT2D eigenvalue weighted by Gasteiger charge is 2.34. The quantitative estimate of drug-likeness (QED) is 0.474. The summed E-state index contributed by atoms with van der Waals surface area (Å²) in [6.07, 6.45) is 1.59. The van der Waals surface area contributed by atoms with Gasteiger partial charge in [0, 0.05) is 31.4 Å². The van der Waals surface area contributed by atoms with Crippen LogP contribution in [0.2, 0.25) is 5.15 Å². The summed E-state index contributed by atoms with van der Waals surface area (Å²) in [6, 6.07) is 12.0. The smallest absolute Gasteiger partial charge is 0.281 e. The molecule has 1 aliphatic heterocycles. The third-order valence-corrected chi connectivity index (χ3v) is 3.94. The first-order chi connectivity index (χ1) is 12.0. The van der Waals surface area contributed by atoms with Gasteiger partial charge < -0.3 is 4.90 Å². The number of hydrogen-bond acceptors (Lipinski definition) is 4. The predicted molar refractivity (Wildman–Crippen MR) is 91.6 cm³/mol. The van der Waals surface area contributed by atoms with Gasteiger partial charge in [0.2, 0.25) is 0 Å². The largest absolute Gasteiger partial charge is 0.331 e. The molecule has 2 heterocycles. The first kappa shape index (κ1) is 16.8. The number of carbonyl (C=O) groups is 1. The van der Waals surface area contributed by atoms with E-state index in [0.717, 1.165) is 5.56 Å². The van der Waals surface area contributed by atoms with E-state index < -0.39 is 5.03 Å². The van der Waals surface area contributed by atoms with Gasteiger partial charge in [0.05, 0.1) is 0 Å². The van der Waals surface area contributed by atoms with E-state index in [1.807, 2.05) is 0 Å². The molecule has 0 N–H and O–H groups in total. The molecule has 1 fully saturated rings. The molecule has 3 rings (SSSR count). The standard InChI is InChI=1S/C16H14ClN5O3/c17-14-7-6-12(10-18-14)11-20-8-9-21(16(20)19-22(24)25)15(23)13-4-2-1-3-5-13/h1-7,10H,8-9,11H2/b19-16-. The first-order valence-electron chi connectivity index (χ1n) is 7.50. The molecule has 1 aromatic heterocycles. The van der Waals surface area contributed by atoms with Crippen LogP contribution in [0, 0.1) is 10.1 Å². The Bertz CT molecular complexity index is 810. The minimum Gasteiger partial charge on any atom is -0.331 e. The maximum absolute atomic E-state index is 12.6. The third kappa shape index (κ3) is 3.92. The number of nitro groups is 1. The highest BCUT2D eigenvalue weighted by atomic mass is 35.5. The second-order valence-corrected chi connectivity index (χ2v) is 5.76. The summed E-state index contributed by atoms with van der Waals surface area (Å²) in [6.45, 7) is 1.10. The van der Waals surface area contributed by atoms with E-state index in [2.05, 4.69) is 10.1 Å². The molecule has 0 atom stereocenters. The van der Waals surface area contributed by atoms with E-state index in [1.165, 1.54) is 4.90 Å². The van der Waals surface area contributed by atoms with Crippen molar-refractivity contribution in [3.63, 3.8) is 0 Å². The lowest BCUT2D eigenvalue weighted by Crippen LogP contribution is -2.38. The van der Waals surface area contributed by atoms with Gasteiger partial charge in [-0.15, -0.1) is 0 Å². The number of carbonyl (C=O) groups excluding carboxylic acids is 1. The summed E-state index contributed by atoms with van der Waals surface area (Å²) >= 11 is 5.77. The lowest BCUT2D eigenvalue weighted by Gasteiger charge is -2.19. The number of amides is 1. The fourth-order valence-electron chi connectivity index (χ4n) is 2.58. The molecular weight excluding hydrogens is 346 g/mol. The molecule has 2 aromatic rings. The Labute approximate surface area is 148 Å². The van der Waals surface area contributed by atoms with E-state index in [0.29, 0.717) is 30.4 Å². The summed E-state index contributed by atoms with van der Waals surface area (Å²) in [4.78, 5) is 30.6. The maximum Gasteiger partial charge on any atom is 0.281 e. The maximum atomic E-state index is 12.6. The number of benzene rings is 1. The summed E-state index contributed by atoms with van der Waals surface area (Å²) in [5, 5.41) is 13.9. The number of rotatable bonds is 4. The topological polar surface area (TPSA) is 91.9 Å². The second-order valence-electron chi connectivity index (χ2n) is 5.37. The normalized spacial score (nSPS) is 15.6. The van der Waals surface area contributed by atoms with Crippen molar-refractivity contribution in [2.45, 2.75) is 6.54 Å². The van der Waals surface area contributed by atoms with Crippen molar-refractivity contribution in [3.05, 3.63) is 75.1 Å². The monoisotopic (exact) mass is 359 g/mol. The molecule has 1 amide bonds. The van der Waals surface area contributed by atoms with Gasteiger partial charge in [-0.05, 0) is 23.8 Å². The van der Waals surface area contributed by atoms with Crippen LogP contribution in [-0.2, 0) is 6.54 Å². The first-order valence-corrected chi connectivity index (χ1v) is 7.87. The molecule has 0 unspecified atom stereocenters. The van der Waals surface area contributed by atoms with E-state index in [4.69, 9.17) is 11.6 Å². The van der Waals surface area contributed by atoms with Gasteiger partial charge in [-0.1, -0.05) is 35.9 Å². The molecule has 8 nitrogen and oxygen atoms in total. The molecule has 0 aliphatic carbocycles. The molecule has 1 aromatic carbocycles. The number of nitrogens with zero attached hydrogens (tertiary/aromatic N) is 5. The summed E-state index contributed by atoms with van der Waals surface area (Å²) in [5.41, 5.74) is 1.27. The number of hydrogen-bond donors (Lipinski definition) is 0. The van der Waals surface area contributed by atoms with Crippen molar-refractivity contribution < 1.29 is 9.83 Å². The van der Waals surface area contributed by atoms with E-state index >= 15 is 0 Å². The van der Waals surface area contributed by atoms with Crippen LogP contribution in [0.15, 0.2) is 53.8 Å². The summed E-state index contributed by atoms with van der Waals surface area (Å²) in [5.74, 6) is -0.299. The fraction of sp³-hybridized carbons (Fsp3) is 0.188. The number of guanidine groups is 1. The van der Waals surface area contributed by atoms with Gasteiger partial charge in [0.25, 0.3) is 11.9 Å². The Kier molecular flexibility index (Phi) is 4.90. The van der Waals surface area contributed by atoms with E-state index in [1.54, 1.807) is 53.6 Å². The number of pyridine rings is 1. The fourth-order valence-corrected chi connectivity index (χ4v) is 2.69. The Morgan fingerprint density at radius 3 is 2.64 bits per heavy atom. The Morgan fingerprint density at radius 1 is 1.24 bits per heavy atom. The molecular formula is C16H14ClN5O3. The molecule has 128 valence electrons. The van der Waals surface area contributed by atoms with Crippen molar-refractivity contribution in [1.29, 1.82) is 0 Å². The Morgan fingerprint density at radius 2 is 2.00 bits per heavy atom. The highest BCUT2D eigenvalue weighted by Crippen LogP contribution is 2.17. The molecule has 9 heteroatoms. The van der Waals surface area contributed by atoms with Crippen LogP contribution in [0.1, 0.15) is 15.9 Å². The van der Waals surface area contributed by atoms with Gasteiger partial charge in [0.15, 0.2) is 5.03 Å².